The van der Waals surface area contributed by atoms with Crippen LogP contribution < -0.4 is 10.1 Å². The standard InChI is InChI=1S/C14H20BrNO2/c1-9(2)11-6-10(15)7-12(14(11)17-3)13-8-16-4-5-18-13/h6-7,9,13,16H,4-5,8H2,1-3H3. The summed E-state index contributed by atoms with van der Waals surface area (Å²) in [6.07, 6.45) is 0.0729. The largest absolute Gasteiger partial charge is 0.496 e. The van der Waals surface area contributed by atoms with E-state index in [1.807, 2.05) is 0 Å². The Hall–Kier alpha value is -0.580. The zero-order valence-electron chi connectivity index (χ0n) is 11.1. The summed E-state index contributed by atoms with van der Waals surface area (Å²) in [7, 11) is 1.73. The lowest BCUT2D eigenvalue weighted by Crippen LogP contribution is -2.33. The quantitative estimate of drug-likeness (QED) is 0.929. The Morgan fingerprint density at radius 2 is 2.22 bits per heavy atom. The average Bonchev–Trinajstić information content (AvgIpc) is 2.38. The molecule has 3 nitrogen and oxygen atoms in total. The molecule has 18 heavy (non-hydrogen) atoms. The number of benzene rings is 1. The van der Waals surface area contributed by atoms with Gasteiger partial charge in [-0.3, -0.25) is 0 Å². The Kier molecular flexibility index (Phi) is 4.65. The van der Waals surface area contributed by atoms with Crippen LogP contribution in [0.1, 0.15) is 37.0 Å². The molecule has 1 heterocycles. The maximum atomic E-state index is 5.83. The molecule has 1 fully saturated rings. The summed E-state index contributed by atoms with van der Waals surface area (Å²) in [6.45, 7) is 6.85. The van der Waals surface area contributed by atoms with Crippen molar-refractivity contribution in [2.75, 3.05) is 26.8 Å². The number of halogens is 1. The van der Waals surface area contributed by atoms with E-state index in [0.29, 0.717) is 5.92 Å². The Morgan fingerprint density at radius 1 is 1.44 bits per heavy atom. The Morgan fingerprint density at radius 3 is 2.78 bits per heavy atom. The van der Waals surface area contributed by atoms with Crippen LogP contribution in [0.5, 0.6) is 5.75 Å². The van der Waals surface area contributed by atoms with Crippen LogP contribution in [0.15, 0.2) is 16.6 Å². The number of methoxy groups -OCH3 is 1. The molecule has 1 atom stereocenters. The zero-order chi connectivity index (χ0) is 13.1. The van der Waals surface area contributed by atoms with Crippen LogP contribution in [0.4, 0.5) is 0 Å². The van der Waals surface area contributed by atoms with Gasteiger partial charge in [-0.05, 0) is 23.6 Å². The van der Waals surface area contributed by atoms with E-state index in [-0.39, 0.29) is 6.10 Å². The minimum Gasteiger partial charge on any atom is -0.496 e. The number of hydrogen-bond donors (Lipinski definition) is 1. The van der Waals surface area contributed by atoms with E-state index in [4.69, 9.17) is 9.47 Å². The highest BCUT2D eigenvalue weighted by Crippen LogP contribution is 2.38. The topological polar surface area (TPSA) is 30.5 Å². The van der Waals surface area contributed by atoms with E-state index in [1.165, 1.54) is 5.56 Å². The highest BCUT2D eigenvalue weighted by Gasteiger charge is 2.23. The van der Waals surface area contributed by atoms with Gasteiger partial charge in [0.05, 0.1) is 19.8 Å². The molecule has 1 aromatic carbocycles. The summed E-state index contributed by atoms with van der Waals surface area (Å²) < 4.78 is 12.5. The predicted molar refractivity (Wildman–Crippen MR) is 76.3 cm³/mol. The maximum absolute atomic E-state index is 5.83. The van der Waals surface area contributed by atoms with Gasteiger partial charge in [0.2, 0.25) is 0 Å². The molecular formula is C14H20BrNO2. The first-order valence-corrected chi connectivity index (χ1v) is 7.12. The van der Waals surface area contributed by atoms with Gasteiger partial charge in [0.25, 0.3) is 0 Å². The lowest BCUT2D eigenvalue weighted by atomic mass is 9.96. The molecule has 1 saturated heterocycles. The summed E-state index contributed by atoms with van der Waals surface area (Å²) in [5.74, 6) is 1.38. The third-order valence-corrected chi connectivity index (χ3v) is 3.67. The van der Waals surface area contributed by atoms with Gasteiger partial charge in [0, 0.05) is 23.1 Å². The fourth-order valence-corrected chi connectivity index (χ4v) is 2.80. The molecule has 0 radical (unpaired) electrons. The third kappa shape index (κ3) is 2.87. The second-order valence-electron chi connectivity index (χ2n) is 4.84. The molecule has 0 aliphatic carbocycles. The van der Waals surface area contributed by atoms with E-state index in [0.717, 1.165) is 35.5 Å². The second kappa shape index (κ2) is 6.04. The molecule has 0 amide bonds. The fourth-order valence-electron chi connectivity index (χ4n) is 2.31. The average molecular weight is 314 g/mol. The molecular weight excluding hydrogens is 294 g/mol. The summed E-state index contributed by atoms with van der Waals surface area (Å²) in [5.41, 5.74) is 2.35. The molecule has 1 unspecified atom stereocenters. The van der Waals surface area contributed by atoms with Gasteiger partial charge in [0.15, 0.2) is 0 Å². The molecule has 2 rings (SSSR count). The van der Waals surface area contributed by atoms with Gasteiger partial charge in [0.1, 0.15) is 5.75 Å². The molecule has 0 saturated carbocycles. The van der Waals surface area contributed by atoms with Crippen molar-refractivity contribution in [2.45, 2.75) is 25.9 Å². The van der Waals surface area contributed by atoms with Gasteiger partial charge in [-0.25, -0.2) is 0 Å². The van der Waals surface area contributed by atoms with Crippen molar-refractivity contribution < 1.29 is 9.47 Å². The van der Waals surface area contributed by atoms with Gasteiger partial charge in [-0.2, -0.15) is 0 Å². The minimum atomic E-state index is 0.0729. The van der Waals surface area contributed by atoms with Crippen LogP contribution >= 0.6 is 15.9 Å². The summed E-state index contributed by atoms with van der Waals surface area (Å²) in [4.78, 5) is 0. The lowest BCUT2D eigenvalue weighted by molar-refractivity contribution is 0.0261. The molecule has 0 spiro atoms. The normalized spacial score (nSPS) is 20.2. The van der Waals surface area contributed by atoms with Crippen LogP contribution in [0, 0.1) is 0 Å². The SMILES string of the molecule is COc1c(C(C)C)cc(Br)cc1C1CNCCO1. The Bertz CT molecular complexity index is 415. The molecule has 1 aliphatic heterocycles. The van der Waals surface area contributed by atoms with Crippen LogP contribution in [0.3, 0.4) is 0 Å². The molecule has 4 heteroatoms. The monoisotopic (exact) mass is 313 g/mol. The molecule has 1 aliphatic rings. The molecule has 1 aromatic rings. The zero-order valence-corrected chi connectivity index (χ0v) is 12.7. The third-order valence-electron chi connectivity index (χ3n) is 3.21. The van der Waals surface area contributed by atoms with E-state index in [1.54, 1.807) is 7.11 Å². The maximum Gasteiger partial charge on any atom is 0.128 e. The summed E-state index contributed by atoms with van der Waals surface area (Å²) in [5, 5.41) is 3.36. The van der Waals surface area contributed by atoms with E-state index < -0.39 is 0 Å². The van der Waals surface area contributed by atoms with E-state index >= 15 is 0 Å². The first kappa shape index (κ1) is 13.8. The lowest BCUT2D eigenvalue weighted by Gasteiger charge is -2.27. The van der Waals surface area contributed by atoms with Gasteiger partial charge in [-0.15, -0.1) is 0 Å². The number of hydrogen-bond acceptors (Lipinski definition) is 3. The number of nitrogens with one attached hydrogen (secondary N) is 1. The van der Waals surface area contributed by atoms with Crippen molar-refractivity contribution in [3.05, 3.63) is 27.7 Å². The van der Waals surface area contributed by atoms with E-state index in [9.17, 15) is 0 Å². The molecule has 0 bridgehead atoms. The first-order chi connectivity index (χ1) is 8.63. The summed E-state index contributed by atoms with van der Waals surface area (Å²) >= 11 is 3.58. The number of morpholine rings is 1. The van der Waals surface area contributed by atoms with Crippen molar-refractivity contribution in [1.82, 2.24) is 5.32 Å². The van der Waals surface area contributed by atoms with Crippen LogP contribution in [0.2, 0.25) is 0 Å². The van der Waals surface area contributed by atoms with Crippen LogP contribution in [0.25, 0.3) is 0 Å². The van der Waals surface area contributed by atoms with Crippen LogP contribution in [-0.2, 0) is 4.74 Å². The summed E-state index contributed by atoms with van der Waals surface area (Å²) in [6, 6.07) is 4.23. The Balaban J connectivity index is 2.43. The molecule has 100 valence electrons. The molecule has 1 N–H and O–H groups in total. The van der Waals surface area contributed by atoms with Gasteiger partial charge < -0.3 is 14.8 Å². The van der Waals surface area contributed by atoms with Gasteiger partial charge >= 0.3 is 0 Å². The van der Waals surface area contributed by atoms with Crippen molar-refractivity contribution in [3.63, 3.8) is 0 Å². The smallest absolute Gasteiger partial charge is 0.128 e. The molecule has 0 aromatic heterocycles. The van der Waals surface area contributed by atoms with Crippen molar-refractivity contribution in [1.29, 1.82) is 0 Å². The van der Waals surface area contributed by atoms with Crippen molar-refractivity contribution >= 4 is 15.9 Å². The first-order valence-electron chi connectivity index (χ1n) is 6.33. The number of rotatable bonds is 3. The van der Waals surface area contributed by atoms with Gasteiger partial charge in [-0.1, -0.05) is 29.8 Å². The second-order valence-corrected chi connectivity index (χ2v) is 5.75. The van der Waals surface area contributed by atoms with Crippen molar-refractivity contribution in [2.24, 2.45) is 0 Å². The van der Waals surface area contributed by atoms with E-state index in [2.05, 4.69) is 47.2 Å². The highest BCUT2D eigenvalue weighted by molar-refractivity contribution is 9.10. The van der Waals surface area contributed by atoms with Crippen molar-refractivity contribution in [3.8, 4) is 5.75 Å². The fraction of sp³-hybridized carbons (Fsp3) is 0.571. The van der Waals surface area contributed by atoms with Crippen LogP contribution in [-0.4, -0.2) is 26.8 Å². The highest BCUT2D eigenvalue weighted by atomic mass is 79.9. The Labute approximate surface area is 117 Å². The minimum absolute atomic E-state index is 0.0729. The number of ether oxygens (including phenoxy) is 2. The predicted octanol–water partition coefficient (Wildman–Crippen LogP) is 3.24.